The van der Waals surface area contributed by atoms with E-state index in [4.69, 9.17) is 0 Å². The second kappa shape index (κ2) is 4.41. The molecule has 12 heavy (non-hydrogen) atoms. The summed E-state index contributed by atoms with van der Waals surface area (Å²) in [6.07, 6.45) is 3.24. The zero-order valence-corrected chi connectivity index (χ0v) is 7.75. The van der Waals surface area contributed by atoms with E-state index in [1.54, 1.807) is 0 Å². The van der Waals surface area contributed by atoms with Crippen molar-refractivity contribution in [2.24, 2.45) is 5.92 Å². The molecule has 68 valence electrons. The van der Waals surface area contributed by atoms with Gasteiger partial charge in [-0.2, -0.15) is 0 Å². The van der Waals surface area contributed by atoms with Crippen molar-refractivity contribution in [2.75, 3.05) is 19.6 Å². The number of likely N-dealkylation sites (tertiary alicyclic amines) is 1. The van der Waals surface area contributed by atoms with Gasteiger partial charge in [0.15, 0.2) is 0 Å². The molecule has 0 N–H and O–H groups in total. The van der Waals surface area contributed by atoms with Crippen molar-refractivity contribution in [1.29, 1.82) is 0 Å². The number of hydrogen-bond donors (Lipinski definition) is 0. The molecule has 1 aliphatic heterocycles. The lowest BCUT2D eigenvalue weighted by Gasteiger charge is -2.31. The van der Waals surface area contributed by atoms with Gasteiger partial charge in [-0.3, -0.25) is 4.79 Å². The van der Waals surface area contributed by atoms with E-state index >= 15 is 0 Å². The van der Waals surface area contributed by atoms with Crippen LogP contribution in [0.25, 0.3) is 0 Å². The van der Waals surface area contributed by atoms with Gasteiger partial charge >= 0.3 is 0 Å². The third-order valence-corrected chi connectivity index (χ3v) is 2.63. The molecule has 2 heteroatoms. The lowest BCUT2D eigenvalue weighted by molar-refractivity contribution is -0.105. The minimum atomic E-state index is 0.413. The van der Waals surface area contributed by atoms with Crippen LogP contribution in [0.15, 0.2) is 12.2 Å². The number of piperidine rings is 1. The highest BCUT2D eigenvalue weighted by molar-refractivity contribution is 5.72. The van der Waals surface area contributed by atoms with Crippen molar-refractivity contribution in [3.05, 3.63) is 12.2 Å². The first-order chi connectivity index (χ1) is 5.77. The Bertz CT molecular complexity index is 177. The summed E-state index contributed by atoms with van der Waals surface area (Å²) in [4.78, 5) is 12.9. The molecule has 2 nitrogen and oxygen atoms in total. The van der Waals surface area contributed by atoms with E-state index in [2.05, 4.69) is 18.4 Å². The molecular weight excluding hydrogens is 150 g/mol. The normalized spacial score (nSPS) is 25.2. The smallest absolute Gasteiger partial charge is 0.145 e. The van der Waals surface area contributed by atoms with Crippen molar-refractivity contribution in [2.45, 2.75) is 19.8 Å². The molecule has 1 heterocycles. The number of nitrogens with zero attached hydrogens (tertiary/aromatic N) is 1. The second-order valence-corrected chi connectivity index (χ2v) is 3.43. The maximum atomic E-state index is 10.5. The summed E-state index contributed by atoms with van der Waals surface area (Å²) in [5.41, 5.74) is 0.771. The highest BCUT2D eigenvalue weighted by atomic mass is 16.1. The quantitative estimate of drug-likeness (QED) is 0.468. The zero-order chi connectivity index (χ0) is 8.97. The Labute approximate surface area is 74.2 Å². The third-order valence-electron chi connectivity index (χ3n) is 2.63. The number of aldehydes is 1. The summed E-state index contributed by atoms with van der Waals surface area (Å²) in [7, 11) is 0. The summed E-state index contributed by atoms with van der Waals surface area (Å²) in [6.45, 7) is 9.22. The van der Waals surface area contributed by atoms with E-state index in [1.165, 1.54) is 13.0 Å². The van der Waals surface area contributed by atoms with Gasteiger partial charge in [-0.25, -0.2) is 0 Å². The molecule has 1 aliphatic rings. The first kappa shape index (κ1) is 9.46. The van der Waals surface area contributed by atoms with E-state index in [9.17, 15) is 4.79 Å². The van der Waals surface area contributed by atoms with Crippen LogP contribution in [0.3, 0.4) is 0 Å². The molecule has 0 amide bonds. The minimum Gasteiger partial charge on any atom is -0.303 e. The van der Waals surface area contributed by atoms with Crippen LogP contribution in [-0.4, -0.2) is 30.8 Å². The van der Waals surface area contributed by atoms with E-state index in [1.807, 2.05) is 0 Å². The molecule has 0 saturated carbocycles. The van der Waals surface area contributed by atoms with E-state index in [0.717, 1.165) is 31.4 Å². The minimum absolute atomic E-state index is 0.413. The molecule has 1 fully saturated rings. The van der Waals surface area contributed by atoms with Gasteiger partial charge in [-0.15, -0.1) is 0 Å². The van der Waals surface area contributed by atoms with Gasteiger partial charge in [-0.1, -0.05) is 13.5 Å². The maximum absolute atomic E-state index is 10.5. The van der Waals surface area contributed by atoms with Crippen molar-refractivity contribution < 1.29 is 4.79 Å². The molecule has 0 aromatic rings. The van der Waals surface area contributed by atoms with Crippen LogP contribution in [0.2, 0.25) is 0 Å². The first-order valence-electron chi connectivity index (χ1n) is 4.64. The van der Waals surface area contributed by atoms with Gasteiger partial charge in [0.1, 0.15) is 6.29 Å². The molecule has 1 rings (SSSR count). The summed E-state index contributed by atoms with van der Waals surface area (Å²) in [5.74, 6) is 0.413. The molecule has 1 atom stereocenters. The number of rotatable bonds is 3. The largest absolute Gasteiger partial charge is 0.303 e. The van der Waals surface area contributed by atoms with Gasteiger partial charge in [0.05, 0.1) is 0 Å². The second-order valence-electron chi connectivity index (χ2n) is 3.43. The van der Waals surface area contributed by atoms with Gasteiger partial charge in [0.25, 0.3) is 0 Å². The fraction of sp³-hybridized carbons (Fsp3) is 0.700. The van der Waals surface area contributed by atoms with Crippen LogP contribution in [0.1, 0.15) is 19.8 Å². The van der Waals surface area contributed by atoms with Gasteiger partial charge in [0, 0.05) is 6.54 Å². The number of carbonyl (C=O) groups excluding carboxylic acids is 1. The summed E-state index contributed by atoms with van der Waals surface area (Å²) < 4.78 is 0. The Morgan fingerprint density at radius 1 is 1.75 bits per heavy atom. The van der Waals surface area contributed by atoms with Crippen molar-refractivity contribution in [1.82, 2.24) is 4.90 Å². The van der Waals surface area contributed by atoms with Crippen molar-refractivity contribution >= 4 is 6.29 Å². The Balaban J connectivity index is 2.45. The van der Waals surface area contributed by atoms with Crippen LogP contribution in [0, 0.1) is 5.92 Å². The van der Waals surface area contributed by atoms with Gasteiger partial charge in [-0.05, 0) is 37.4 Å². The Kier molecular flexibility index (Phi) is 3.48. The van der Waals surface area contributed by atoms with Crippen LogP contribution in [0.4, 0.5) is 0 Å². The molecule has 0 aliphatic carbocycles. The molecule has 0 aromatic heterocycles. The van der Waals surface area contributed by atoms with Gasteiger partial charge < -0.3 is 4.90 Å². The first-order valence-corrected chi connectivity index (χ1v) is 4.64. The highest BCUT2D eigenvalue weighted by Crippen LogP contribution is 2.20. The zero-order valence-electron chi connectivity index (χ0n) is 7.75. The monoisotopic (exact) mass is 167 g/mol. The Hall–Kier alpha value is -0.630. The van der Waals surface area contributed by atoms with Crippen LogP contribution in [-0.2, 0) is 4.79 Å². The van der Waals surface area contributed by atoms with Crippen molar-refractivity contribution in [3.8, 4) is 0 Å². The molecule has 1 saturated heterocycles. The fourth-order valence-corrected chi connectivity index (χ4v) is 1.74. The van der Waals surface area contributed by atoms with E-state index in [0.29, 0.717) is 5.92 Å². The molecule has 1 unspecified atom stereocenters. The molecule has 0 aromatic carbocycles. The topological polar surface area (TPSA) is 20.3 Å². The van der Waals surface area contributed by atoms with Crippen LogP contribution < -0.4 is 0 Å². The standard InChI is InChI=1S/C10H17NO/c1-3-11-6-4-5-10(7-11)9(2)8-12/h8,10H,2-7H2,1H3. The number of carbonyl (C=O) groups is 1. The molecule has 0 spiro atoms. The van der Waals surface area contributed by atoms with E-state index in [-0.39, 0.29) is 0 Å². The average molecular weight is 167 g/mol. The highest BCUT2D eigenvalue weighted by Gasteiger charge is 2.20. The predicted molar refractivity (Wildman–Crippen MR) is 50.0 cm³/mol. The predicted octanol–water partition coefficient (Wildman–Crippen LogP) is 1.47. The Morgan fingerprint density at radius 2 is 2.50 bits per heavy atom. The average Bonchev–Trinajstić information content (AvgIpc) is 2.17. The maximum Gasteiger partial charge on any atom is 0.145 e. The van der Waals surface area contributed by atoms with Crippen molar-refractivity contribution in [3.63, 3.8) is 0 Å². The third kappa shape index (κ3) is 2.18. The molecule has 0 radical (unpaired) electrons. The van der Waals surface area contributed by atoms with Gasteiger partial charge in [0.2, 0.25) is 0 Å². The SMILES string of the molecule is C=C(C=O)C1CCCN(CC)C1. The Morgan fingerprint density at radius 3 is 3.08 bits per heavy atom. The summed E-state index contributed by atoms with van der Waals surface area (Å²) in [5, 5.41) is 0. The lowest BCUT2D eigenvalue weighted by Crippen LogP contribution is -2.35. The number of hydrogen-bond acceptors (Lipinski definition) is 2. The molecular formula is C10H17NO. The lowest BCUT2D eigenvalue weighted by atomic mass is 9.92. The van der Waals surface area contributed by atoms with E-state index < -0.39 is 0 Å². The summed E-state index contributed by atoms with van der Waals surface area (Å²) >= 11 is 0. The van der Waals surface area contributed by atoms with Crippen LogP contribution >= 0.6 is 0 Å². The fourth-order valence-electron chi connectivity index (χ4n) is 1.74. The van der Waals surface area contributed by atoms with Crippen LogP contribution in [0.5, 0.6) is 0 Å². The summed E-state index contributed by atoms with van der Waals surface area (Å²) in [6, 6.07) is 0. The molecule has 0 bridgehead atoms.